The average Bonchev–Trinajstić information content (AvgIpc) is 3.57. The number of hydrogen-bond donors (Lipinski definition) is 1. The molecule has 1 saturated carbocycles. The fourth-order valence-electron chi connectivity index (χ4n) is 4.07. The van der Waals surface area contributed by atoms with E-state index in [1.807, 2.05) is 18.2 Å². The zero-order valence-corrected chi connectivity index (χ0v) is 20.5. The molecule has 1 N–H and O–H groups in total. The van der Waals surface area contributed by atoms with Gasteiger partial charge in [0.15, 0.2) is 0 Å². The molecule has 0 spiro atoms. The molecule has 1 amide bonds. The number of benzene rings is 2. The predicted octanol–water partition coefficient (Wildman–Crippen LogP) is 3.57. The number of hydrogen-bond acceptors (Lipinski definition) is 4. The van der Waals surface area contributed by atoms with Crippen LogP contribution in [0, 0.1) is 5.92 Å². The number of amides is 1. The topological polar surface area (TPSA) is 82.1 Å². The van der Waals surface area contributed by atoms with Crippen LogP contribution in [0.15, 0.2) is 45.7 Å². The molecule has 0 unspecified atom stereocenters. The molecule has 7 nitrogen and oxygen atoms in total. The largest absolute Gasteiger partial charge is 0.368 e. The van der Waals surface area contributed by atoms with E-state index in [-0.39, 0.29) is 17.2 Å². The summed E-state index contributed by atoms with van der Waals surface area (Å²) in [5, 5.41) is 3.39. The monoisotopic (exact) mass is 488 g/mol. The standard InChI is InChI=1S/C24H29ClN4O3S/c1-28(2)16-26-33(31,32)23-13-20(27-24(30)12-18-5-3-4-6-22(18)25)11-19-15-29(10-9-21(19)23)14-17-7-8-17/h3-6,11,13,16-17H,7-10,12,14-15H2,1-2H3,(H,27,30)/b26-16+. The minimum atomic E-state index is -3.91. The number of sulfonamides is 1. The maximum Gasteiger partial charge on any atom is 0.284 e. The van der Waals surface area contributed by atoms with Gasteiger partial charge in [-0.1, -0.05) is 29.8 Å². The van der Waals surface area contributed by atoms with Crippen molar-refractivity contribution in [3.63, 3.8) is 0 Å². The van der Waals surface area contributed by atoms with E-state index in [2.05, 4.69) is 14.6 Å². The molecule has 0 radical (unpaired) electrons. The minimum Gasteiger partial charge on any atom is -0.368 e. The van der Waals surface area contributed by atoms with Crippen molar-refractivity contribution in [3.8, 4) is 0 Å². The lowest BCUT2D eigenvalue weighted by Gasteiger charge is -2.30. The molecule has 1 aliphatic carbocycles. The summed E-state index contributed by atoms with van der Waals surface area (Å²) in [6.07, 6.45) is 4.56. The van der Waals surface area contributed by atoms with Crippen LogP contribution in [-0.2, 0) is 34.2 Å². The van der Waals surface area contributed by atoms with Gasteiger partial charge in [-0.15, -0.1) is 4.40 Å². The lowest BCUT2D eigenvalue weighted by molar-refractivity contribution is -0.115. The molecule has 33 heavy (non-hydrogen) atoms. The van der Waals surface area contributed by atoms with E-state index in [0.717, 1.165) is 30.1 Å². The van der Waals surface area contributed by atoms with Crippen molar-refractivity contribution < 1.29 is 13.2 Å². The molecule has 1 heterocycles. The SMILES string of the molecule is CN(C)/C=N/S(=O)(=O)c1cc(NC(=O)Cc2ccccc2Cl)cc2c1CCN(CC1CC1)C2. The lowest BCUT2D eigenvalue weighted by Crippen LogP contribution is -2.33. The van der Waals surface area contributed by atoms with Gasteiger partial charge in [-0.2, -0.15) is 8.42 Å². The van der Waals surface area contributed by atoms with Crippen molar-refractivity contribution in [2.75, 3.05) is 32.5 Å². The van der Waals surface area contributed by atoms with Crippen LogP contribution in [0.1, 0.15) is 29.5 Å². The van der Waals surface area contributed by atoms with Crippen LogP contribution >= 0.6 is 11.6 Å². The Morgan fingerprint density at radius 1 is 1.27 bits per heavy atom. The number of halogens is 1. The third-order valence-electron chi connectivity index (χ3n) is 5.87. The van der Waals surface area contributed by atoms with Crippen molar-refractivity contribution in [2.45, 2.75) is 37.1 Å². The maximum atomic E-state index is 13.1. The second-order valence-corrected chi connectivity index (χ2v) is 11.0. The molecule has 2 aromatic rings. The Balaban J connectivity index is 1.63. The fourth-order valence-corrected chi connectivity index (χ4v) is 5.52. The molecule has 1 aliphatic heterocycles. The van der Waals surface area contributed by atoms with Gasteiger partial charge in [-0.3, -0.25) is 9.69 Å². The molecule has 4 rings (SSSR count). The Hall–Kier alpha value is -2.42. The van der Waals surface area contributed by atoms with E-state index in [1.54, 1.807) is 31.1 Å². The van der Waals surface area contributed by atoms with Crippen LogP contribution in [0.3, 0.4) is 0 Å². The number of rotatable bonds is 8. The Bertz CT molecular complexity index is 1180. The van der Waals surface area contributed by atoms with Crippen molar-refractivity contribution >= 4 is 39.6 Å². The molecular formula is C24H29ClN4O3S. The van der Waals surface area contributed by atoms with Crippen LogP contribution < -0.4 is 5.32 Å². The average molecular weight is 489 g/mol. The summed E-state index contributed by atoms with van der Waals surface area (Å²) in [5.74, 6) is 0.492. The van der Waals surface area contributed by atoms with Crippen molar-refractivity contribution in [1.82, 2.24) is 9.80 Å². The summed E-state index contributed by atoms with van der Waals surface area (Å²) < 4.78 is 30.0. The highest BCUT2D eigenvalue weighted by molar-refractivity contribution is 7.90. The van der Waals surface area contributed by atoms with E-state index in [0.29, 0.717) is 29.2 Å². The summed E-state index contributed by atoms with van der Waals surface area (Å²) in [6, 6.07) is 10.6. The summed E-state index contributed by atoms with van der Waals surface area (Å²) in [5.41, 5.74) is 2.89. The van der Waals surface area contributed by atoms with Gasteiger partial charge in [0.2, 0.25) is 5.91 Å². The second kappa shape index (κ2) is 9.83. The Morgan fingerprint density at radius 2 is 2.03 bits per heavy atom. The second-order valence-electron chi connectivity index (χ2n) is 9.02. The minimum absolute atomic E-state index is 0.103. The third-order valence-corrected chi connectivity index (χ3v) is 7.53. The van der Waals surface area contributed by atoms with Gasteiger partial charge in [-0.25, -0.2) is 0 Å². The van der Waals surface area contributed by atoms with Gasteiger partial charge in [0.05, 0.1) is 11.3 Å². The van der Waals surface area contributed by atoms with Crippen LogP contribution in [-0.4, -0.2) is 57.6 Å². The van der Waals surface area contributed by atoms with Gasteiger partial charge in [0.1, 0.15) is 6.34 Å². The fraction of sp³-hybridized carbons (Fsp3) is 0.417. The van der Waals surface area contributed by atoms with E-state index in [1.165, 1.54) is 25.2 Å². The van der Waals surface area contributed by atoms with Gasteiger partial charge >= 0.3 is 0 Å². The van der Waals surface area contributed by atoms with Crippen LogP contribution in [0.4, 0.5) is 5.69 Å². The number of nitrogens with one attached hydrogen (secondary N) is 1. The summed E-state index contributed by atoms with van der Waals surface area (Å²) in [6.45, 7) is 2.52. The number of anilines is 1. The first-order valence-electron chi connectivity index (χ1n) is 11.1. The Morgan fingerprint density at radius 3 is 2.73 bits per heavy atom. The van der Waals surface area contributed by atoms with Crippen LogP contribution in [0.25, 0.3) is 0 Å². The zero-order chi connectivity index (χ0) is 23.6. The summed E-state index contributed by atoms with van der Waals surface area (Å²) >= 11 is 6.19. The number of carbonyl (C=O) groups is 1. The van der Waals surface area contributed by atoms with Crippen molar-refractivity contribution in [2.24, 2.45) is 10.3 Å². The molecule has 2 aliphatic rings. The zero-order valence-electron chi connectivity index (χ0n) is 18.9. The van der Waals surface area contributed by atoms with E-state index >= 15 is 0 Å². The normalized spacial score (nSPS) is 16.6. The summed E-state index contributed by atoms with van der Waals surface area (Å²) in [7, 11) is -0.476. The number of fused-ring (bicyclic) bond motifs is 1. The third kappa shape index (κ3) is 6.13. The van der Waals surface area contributed by atoms with Crippen molar-refractivity contribution in [3.05, 3.63) is 58.1 Å². The highest BCUT2D eigenvalue weighted by atomic mass is 35.5. The molecule has 0 aromatic heterocycles. The Labute approximate surface area is 200 Å². The van der Waals surface area contributed by atoms with Gasteiger partial charge in [0.25, 0.3) is 10.0 Å². The van der Waals surface area contributed by atoms with Gasteiger partial charge in [0, 0.05) is 44.4 Å². The highest BCUT2D eigenvalue weighted by Crippen LogP contribution is 2.34. The van der Waals surface area contributed by atoms with Crippen molar-refractivity contribution in [1.29, 1.82) is 0 Å². The molecular weight excluding hydrogens is 460 g/mol. The molecule has 0 atom stereocenters. The number of carbonyl (C=O) groups excluding carboxylic acids is 1. The van der Waals surface area contributed by atoms with Crippen LogP contribution in [0.5, 0.6) is 0 Å². The first-order chi connectivity index (χ1) is 15.7. The molecule has 1 fully saturated rings. The van der Waals surface area contributed by atoms with E-state index < -0.39 is 10.0 Å². The maximum absolute atomic E-state index is 13.1. The first kappa shape index (κ1) is 23.7. The first-order valence-corrected chi connectivity index (χ1v) is 12.9. The Kier molecular flexibility index (Phi) is 7.07. The molecule has 2 aromatic carbocycles. The van der Waals surface area contributed by atoms with Crippen LogP contribution in [0.2, 0.25) is 5.02 Å². The summed E-state index contributed by atoms with van der Waals surface area (Å²) in [4.78, 5) is 16.8. The molecule has 176 valence electrons. The molecule has 9 heteroatoms. The smallest absolute Gasteiger partial charge is 0.284 e. The van der Waals surface area contributed by atoms with Gasteiger partial charge in [-0.05, 0) is 60.1 Å². The van der Waals surface area contributed by atoms with E-state index in [4.69, 9.17) is 11.6 Å². The molecule has 0 bridgehead atoms. The number of nitrogens with zero attached hydrogens (tertiary/aromatic N) is 3. The lowest BCUT2D eigenvalue weighted by atomic mass is 9.98. The van der Waals surface area contributed by atoms with Gasteiger partial charge < -0.3 is 10.2 Å². The highest BCUT2D eigenvalue weighted by Gasteiger charge is 2.29. The molecule has 0 saturated heterocycles. The predicted molar refractivity (Wildman–Crippen MR) is 131 cm³/mol. The van der Waals surface area contributed by atoms with E-state index in [9.17, 15) is 13.2 Å². The quantitative estimate of drug-likeness (QED) is 0.453.